The number of halogens is 2. The molecule has 154 valence electrons. The van der Waals surface area contributed by atoms with Gasteiger partial charge in [-0.15, -0.1) is 0 Å². The van der Waals surface area contributed by atoms with Crippen molar-refractivity contribution in [3.8, 4) is 22.5 Å². The van der Waals surface area contributed by atoms with Gasteiger partial charge >= 0.3 is 0 Å². The molecule has 0 unspecified atom stereocenters. The molecular formula is C22H20Cl2N4O2. The zero-order valence-corrected chi connectivity index (χ0v) is 17.7. The van der Waals surface area contributed by atoms with Crippen LogP contribution in [0.25, 0.3) is 22.5 Å². The van der Waals surface area contributed by atoms with Gasteiger partial charge in [0.2, 0.25) is 6.41 Å². The van der Waals surface area contributed by atoms with Gasteiger partial charge in [0, 0.05) is 47.9 Å². The van der Waals surface area contributed by atoms with E-state index in [1.165, 1.54) is 0 Å². The molecule has 2 aromatic carbocycles. The molecule has 8 heteroatoms. The topological polar surface area (TPSA) is 69.3 Å². The molecule has 1 fully saturated rings. The Kier molecular flexibility index (Phi) is 6.06. The molecular weight excluding hydrogens is 423 g/mol. The fourth-order valence-corrected chi connectivity index (χ4v) is 4.04. The Balaban J connectivity index is 1.49. The molecule has 1 aromatic heterocycles. The highest BCUT2D eigenvalue weighted by molar-refractivity contribution is 6.36. The number of rotatable bonds is 4. The van der Waals surface area contributed by atoms with Crippen molar-refractivity contribution < 1.29 is 9.59 Å². The van der Waals surface area contributed by atoms with E-state index < -0.39 is 0 Å². The van der Waals surface area contributed by atoms with E-state index in [1.54, 1.807) is 21.9 Å². The monoisotopic (exact) mass is 442 g/mol. The van der Waals surface area contributed by atoms with E-state index in [9.17, 15) is 9.59 Å². The molecule has 4 rings (SSSR count). The smallest absolute Gasteiger partial charge is 0.253 e. The van der Waals surface area contributed by atoms with Crippen LogP contribution in [0.5, 0.6) is 0 Å². The van der Waals surface area contributed by atoms with Gasteiger partial charge in [0.25, 0.3) is 5.91 Å². The molecule has 1 saturated heterocycles. The van der Waals surface area contributed by atoms with Crippen molar-refractivity contribution in [3.63, 3.8) is 0 Å². The predicted octanol–water partition coefficient (Wildman–Crippen LogP) is 4.35. The van der Waals surface area contributed by atoms with Crippen molar-refractivity contribution in [1.82, 2.24) is 20.0 Å². The van der Waals surface area contributed by atoms with E-state index >= 15 is 0 Å². The molecule has 1 aliphatic rings. The van der Waals surface area contributed by atoms with Crippen molar-refractivity contribution in [2.75, 3.05) is 26.2 Å². The van der Waals surface area contributed by atoms with E-state index in [1.807, 2.05) is 36.4 Å². The first-order valence-corrected chi connectivity index (χ1v) is 10.4. The number of aromatic nitrogens is 2. The van der Waals surface area contributed by atoms with Crippen LogP contribution in [0, 0.1) is 0 Å². The van der Waals surface area contributed by atoms with Crippen LogP contribution in [0.4, 0.5) is 0 Å². The first kappa shape index (κ1) is 20.4. The van der Waals surface area contributed by atoms with Crippen molar-refractivity contribution in [2.45, 2.75) is 6.42 Å². The highest BCUT2D eigenvalue weighted by atomic mass is 35.5. The van der Waals surface area contributed by atoms with Crippen LogP contribution < -0.4 is 0 Å². The molecule has 0 atom stereocenters. The van der Waals surface area contributed by atoms with Gasteiger partial charge in [0.05, 0.1) is 16.4 Å². The minimum Gasteiger partial charge on any atom is -0.343 e. The Morgan fingerprint density at radius 2 is 1.80 bits per heavy atom. The largest absolute Gasteiger partial charge is 0.343 e. The summed E-state index contributed by atoms with van der Waals surface area (Å²) in [5.41, 5.74) is 3.87. The third kappa shape index (κ3) is 4.35. The maximum absolute atomic E-state index is 12.8. The third-order valence-electron chi connectivity index (χ3n) is 5.19. The predicted molar refractivity (Wildman–Crippen MR) is 118 cm³/mol. The summed E-state index contributed by atoms with van der Waals surface area (Å²) in [6.07, 6.45) is 1.63. The number of carbonyl (C=O) groups is 2. The van der Waals surface area contributed by atoms with Crippen molar-refractivity contribution in [3.05, 3.63) is 64.1 Å². The second-order valence-corrected chi connectivity index (χ2v) is 8.00. The SMILES string of the molecule is O=CN1CCCN(C(=O)c2ccc(-c3cc(-c4ccc(Cl)cc4Cl)[nH]n3)cc2)CC1. The Morgan fingerprint density at radius 3 is 2.53 bits per heavy atom. The van der Waals surface area contributed by atoms with E-state index in [0.717, 1.165) is 35.3 Å². The molecule has 0 spiro atoms. The van der Waals surface area contributed by atoms with Crippen molar-refractivity contribution in [2.24, 2.45) is 0 Å². The van der Waals surface area contributed by atoms with E-state index in [4.69, 9.17) is 23.2 Å². The van der Waals surface area contributed by atoms with Crippen LogP contribution in [0.1, 0.15) is 16.8 Å². The van der Waals surface area contributed by atoms with Gasteiger partial charge in [0.15, 0.2) is 0 Å². The van der Waals surface area contributed by atoms with Crippen LogP contribution >= 0.6 is 23.2 Å². The highest BCUT2D eigenvalue weighted by Crippen LogP contribution is 2.31. The van der Waals surface area contributed by atoms with Gasteiger partial charge in [-0.2, -0.15) is 5.10 Å². The number of hydrogen-bond donors (Lipinski definition) is 1. The van der Waals surface area contributed by atoms with E-state index in [0.29, 0.717) is 41.8 Å². The summed E-state index contributed by atoms with van der Waals surface area (Å²) in [5, 5.41) is 8.49. The lowest BCUT2D eigenvalue weighted by Crippen LogP contribution is -2.34. The number of benzene rings is 2. The molecule has 6 nitrogen and oxygen atoms in total. The van der Waals surface area contributed by atoms with Crippen LogP contribution in [0.3, 0.4) is 0 Å². The van der Waals surface area contributed by atoms with Gasteiger partial charge in [-0.25, -0.2) is 0 Å². The van der Waals surface area contributed by atoms with Crippen LogP contribution in [0.15, 0.2) is 48.5 Å². The van der Waals surface area contributed by atoms with Gasteiger partial charge in [-0.05, 0) is 42.8 Å². The summed E-state index contributed by atoms with van der Waals surface area (Å²) >= 11 is 12.2. The average molecular weight is 443 g/mol. The summed E-state index contributed by atoms with van der Waals surface area (Å²) in [6.45, 7) is 2.45. The highest BCUT2D eigenvalue weighted by Gasteiger charge is 2.20. The molecule has 1 N–H and O–H groups in total. The number of amides is 2. The summed E-state index contributed by atoms with van der Waals surface area (Å²) in [4.78, 5) is 27.3. The molecule has 3 aromatic rings. The van der Waals surface area contributed by atoms with Gasteiger partial charge in [-0.3, -0.25) is 14.7 Å². The molecule has 1 aliphatic heterocycles. The molecule has 0 saturated carbocycles. The molecule has 0 aliphatic carbocycles. The van der Waals surface area contributed by atoms with Gasteiger partial charge in [-0.1, -0.05) is 35.3 Å². The summed E-state index contributed by atoms with van der Waals surface area (Å²) in [5.74, 6) is -0.0232. The van der Waals surface area contributed by atoms with Gasteiger partial charge in [0.1, 0.15) is 0 Å². The fourth-order valence-electron chi connectivity index (χ4n) is 3.53. The summed E-state index contributed by atoms with van der Waals surface area (Å²) in [6, 6.07) is 14.6. The molecule has 2 heterocycles. The van der Waals surface area contributed by atoms with Crippen molar-refractivity contribution >= 4 is 35.5 Å². The Hall–Kier alpha value is -2.83. The molecule has 2 amide bonds. The maximum atomic E-state index is 12.8. The summed E-state index contributed by atoms with van der Waals surface area (Å²) < 4.78 is 0. The zero-order valence-electron chi connectivity index (χ0n) is 16.1. The number of nitrogens with one attached hydrogen (secondary N) is 1. The minimum atomic E-state index is -0.0232. The number of aromatic amines is 1. The van der Waals surface area contributed by atoms with E-state index in [2.05, 4.69) is 10.2 Å². The maximum Gasteiger partial charge on any atom is 0.253 e. The minimum absolute atomic E-state index is 0.0232. The number of H-pyrrole nitrogens is 1. The normalized spacial score (nSPS) is 14.5. The lowest BCUT2D eigenvalue weighted by Gasteiger charge is -2.20. The standard InChI is InChI=1S/C22H20Cl2N4O2/c23-17-6-7-18(19(24)12-17)21-13-20(25-26-21)15-2-4-16(5-3-15)22(30)28-9-1-8-27(14-29)10-11-28/h2-7,12-14H,1,8-11H2,(H,25,26). The quantitative estimate of drug-likeness (QED) is 0.610. The van der Waals surface area contributed by atoms with Crippen LogP contribution in [-0.2, 0) is 4.79 Å². The Bertz CT molecular complexity index is 1070. The molecule has 0 bridgehead atoms. The molecule has 0 radical (unpaired) electrons. The second-order valence-electron chi connectivity index (χ2n) is 7.16. The second kappa shape index (κ2) is 8.90. The van der Waals surface area contributed by atoms with Gasteiger partial charge < -0.3 is 9.80 Å². The number of nitrogens with zero attached hydrogens (tertiary/aromatic N) is 3. The van der Waals surface area contributed by atoms with Crippen LogP contribution in [-0.4, -0.2) is 58.5 Å². The van der Waals surface area contributed by atoms with E-state index in [-0.39, 0.29) is 5.91 Å². The fraction of sp³-hybridized carbons (Fsp3) is 0.227. The Labute approximate surface area is 184 Å². The average Bonchev–Trinajstić information content (AvgIpc) is 3.11. The zero-order chi connectivity index (χ0) is 21.1. The van der Waals surface area contributed by atoms with Crippen molar-refractivity contribution in [1.29, 1.82) is 0 Å². The number of hydrogen-bond acceptors (Lipinski definition) is 3. The third-order valence-corrected chi connectivity index (χ3v) is 5.74. The Morgan fingerprint density at radius 1 is 1.00 bits per heavy atom. The number of carbonyl (C=O) groups excluding carboxylic acids is 2. The lowest BCUT2D eigenvalue weighted by molar-refractivity contribution is -0.118. The first-order chi connectivity index (χ1) is 14.5. The first-order valence-electron chi connectivity index (χ1n) is 9.65. The lowest BCUT2D eigenvalue weighted by atomic mass is 10.1. The molecule has 30 heavy (non-hydrogen) atoms. The summed E-state index contributed by atoms with van der Waals surface area (Å²) in [7, 11) is 0. The van der Waals surface area contributed by atoms with Crippen LogP contribution in [0.2, 0.25) is 10.0 Å².